The van der Waals surface area contributed by atoms with Crippen molar-refractivity contribution in [3.8, 4) is 0 Å². The van der Waals surface area contributed by atoms with E-state index in [-0.39, 0.29) is 48.8 Å². The summed E-state index contributed by atoms with van der Waals surface area (Å²) in [5, 5.41) is 2.90. The van der Waals surface area contributed by atoms with Crippen LogP contribution in [0, 0.1) is 11.8 Å². The minimum absolute atomic E-state index is 0.147. The minimum Gasteiger partial charge on any atom is -0.454 e. The van der Waals surface area contributed by atoms with E-state index in [0.29, 0.717) is 12.8 Å². The van der Waals surface area contributed by atoms with Crippen LogP contribution in [0.1, 0.15) is 64.2 Å². The summed E-state index contributed by atoms with van der Waals surface area (Å²) < 4.78 is 4.99. The number of esters is 1. The lowest BCUT2D eigenvalue weighted by Crippen LogP contribution is -2.40. The number of imide groups is 1. The van der Waals surface area contributed by atoms with Crippen molar-refractivity contribution in [2.45, 2.75) is 70.3 Å². The number of carbonyl (C=O) groups is 4. The van der Waals surface area contributed by atoms with Crippen LogP contribution in [-0.2, 0) is 23.9 Å². The van der Waals surface area contributed by atoms with Crippen LogP contribution in [0.4, 0.5) is 0 Å². The molecule has 2 saturated carbocycles. The van der Waals surface area contributed by atoms with Crippen molar-refractivity contribution < 1.29 is 23.9 Å². The lowest BCUT2D eigenvalue weighted by Gasteiger charge is -2.19. The van der Waals surface area contributed by atoms with Gasteiger partial charge in [0.25, 0.3) is 5.91 Å². The highest BCUT2D eigenvalue weighted by Crippen LogP contribution is 2.37. The summed E-state index contributed by atoms with van der Waals surface area (Å²) in [6, 6.07) is 0.147. The van der Waals surface area contributed by atoms with Crippen LogP contribution in [0.15, 0.2) is 0 Å². The Morgan fingerprint density at radius 1 is 0.885 bits per heavy atom. The number of amides is 3. The number of nitrogens with zero attached hydrogens (tertiary/aromatic N) is 1. The average Bonchev–Trinajstić information content (AvgIpc) is 2.82. The van der Waals surface area contributed by atoms with Crippen LogP contribution in [0.2, 0.25) is 0 Å². The minimum atomic E-state index is -0.707. The second-order valence-corrected chi connectivity index (χ2v) is 7.68. The van der Waals surface area contributed by atoms with Crippen molar-refractivity contribution in [2.75, 3.05) is 13.2 Å². The van der Waals surface area contributed by atoms with Crippen LogP contribution < -0.4 is 5.32 Å². The Morgan fingerprint density at radius 2 is 1.42 bits per heavy atom. The fourth-order valence-corrected chi connectivity index (χ4v) is 4.40. The largest absolute Gasteiger partial charge is 0.454 e. The molecule has 1 saturated heterocycles. The lowest BCUT2D eigenvalue weighted by molar-refractivity contribution is -0.155. The summed E-state index contributed by atoms with van der Waals surface area (Å²) in [7, 11) is 0. The van der Waals surface area contributed by atoms with E-state index in [9.17, 15) is 19.2 Å². The van der Waals surface area contributed by atoms with Gasteiger partial charge in [-0.25, -0.2) is 0 Å². The van der Waals surface area contributed by atoms with Crippen LogP contribution >= 0.6 is 0 Å². The molecule has 2 aliphatic carbocycles. The number of likely N-dealkylation sites (tertiary alicyclic amines) is 1. The van der Waals surface area contributed by atoms with Crippen LogP contribution in [-0.4, -0.2) is 47.8 Å². The van der Waals surface area contributed by atoms with Gasteiger partial charge < -0.3 is 10.1 Å². The first-order chi connectivity index (χ1) is 12.6. The van der Waals surface area contributed by atoms with Gasteiger partial charge in [0.15, 0.2) is 6.61 Å². The number of rotatable bonds is 5. The van der Waals surface area contributed by atoms with Gasteiger partial charge >= 0.3 is 5.97 Å². The molecule has 0 bridgehead atoms. The first kappa shape index (κ1) is 18.9. The molecular formula is C19H28N2O5. The molecule has 26 heavy (non-hydrogen) atoms. The summed E-state index contributed by atoms with van der Waals surface area (Å²) >= 11 is 0. The monoisotopic (exact) mass is 364 g/mol. The van der Waals surface area contributed by atoms with Crippen molar-refractivity contribution in [3.63, 3.8) is 0 Å². The van der Waals surface area contributed by atoms with E-state index >= 15 is 0 Å². The van der Waals surface area contributed by atoms with Gasteiger partial charge in [-0.2, -0.15) is 0 Å². The van der Waals surface area contributed by atoms with E-state index in [1.165, 1.54) is 12.8 Å². The molecule has 1 aliphatic heterocycles. The fourth-order valence-electron chi connectivity index (χ4n) is 4.40. The van der Waals surface area contributed by atoms with Gasteiger partial charge in [0, 0.05) is 6.04 Å². The highest BCUT2D eigenvalue weighted by atomic mass is 16.5. The van der Waals surface area contributed by atoms with Gasteiger partial charge in [-0.3, -0.25) is 24.1 Å². The Kier molecular flexibility index (Phi) is 6.27. The van der Waals surface area contributed by atoms with Gasteiger partial charge in [-0.05, 0) is 25.7 Å². The van der Waals surface area contributed by atoms with Gasteiger partial charge in [-0.15, -0.1) is 0 Å². The molecule has 1 heterocycles. The van der Waals surface area contributed by atoms with Crippen molar-refractivity contribution >= 4 is 23.7 Å². The third-order valence-corrected chi connectivity index (χ3v) is 5.80. The highest BCUT2D eigenvalue weighted by molar-refractivity contribution is 6.07. The Balaban J connectivity index is 1.43. The SMILES string of the molecule is O=C(COC(=O)CN1C(=O)[C@H]2CCCC[C@@H]2C1=O)NC1CCCCCC1. The molecule has 7 nitrogen and oxygen atoms in total. The predicted molar refractivity (Wildman–Crippen MR) is 92.8 cm³/mol. The maximum atomic E-state index is 12.3. The zero-order chi connectivity index (χ0) is 18.5. The zero-order valence-corrected chi connectivity index (χ0v) is 15.2. The molecule has 3 amide bonds. The molecular weight excluding hydrogens is 336 g/mol. The van der Waals surface area contributed by atoms with E-state index in [1.54, 1.807) is 0 Å². The first-order valence-electron chi connectivity index (χ1n) is 9.86. The summed E-state index contributed by atoms with van der Waals surface area (Å²) in [6.07, 6.45) is 9.83. The Bertz CT molecular complexity index is 544. The van der Waals surface area contributed by atoms with E-state index < -0.39 is 5.97 Å². The summed E-state index contributed by atoms with van der Waals surface area (Å²) in [4.78, 5) is 49.7. The molecule has 0 spiro atoms. The molecule has 3 fully saturated rings. The van der Waals surface area contributed by atoms with Gasteiger partial charge in [0.05, 0.1) is 11.8 Å². The van der Waals surface area contributed by atoms with Crippen LogP contribution in [0.25, 0.3) is 0 Å². The molecule has 0 aromatic carbocycles. The second kappa shape index (κ2) is 8.64. The van der Waals surface area contributed by atoms with Crippen LogP contribution in [0.3, 0.4) is 0 Å². The molecule has 0 aromatic heterocycles. The molecule has 144 valence electrons. The average molecular weight is 364 g/mol. The third-order valence-electron chi connectivity index (χ3n) is 5.80. The Morgan fingerprint density at radius 3 is 2.00 bits per heavy atom. The molecule has 2 atom stereocenters. The third kappa shape index (κ3) is 4.43. The molecule has 0 radical (unpaired) electrons. The van der Waals surface area contributed by atoms with E-state index in [2.05, 4.69) is 5.32 Å². The number of nitrogens with one attached hydrogen (secondary N) is 1. The maximum absolute atomic E-state index is 12.3. The molecule has 3 rings (SSSR count). The van der Waals surface area contributed by atoms with E-state index in [4.69, 9.17) is 4.74 Å². The number of ether oxygens (including phenoxy) is 1. The topological polar surface area (TPSA) is 92.8 Å². The van der Waals surface area contributed by atoms with Crippen molar-refractivity contribution in [2.24, 2.45) is 11.8 Å². The standard InChI is InChI=1S/C19H28N2O5/c22-16(20-13-7-3-1-2-4-8-13)12-26-17(23)11-21-18(24)14-9-5-6-10-15(14)19(21)25/h13-15H,1-12H2,(H,20,22)/t14-,15-/m0/s1. The predicted octanol–water partition coefficient (Wildman–Crippen LogP) is 1.54. The first-order valence-corrected chi connectivity index (χ1v) is 9.86. The Hall–Kier alpha value is -1.92. The van der Waals surface area contributed by atoms with Crippen LogP contribution in [0.5, 0.6) is 0 Å². The maximum Gasteiger partial charge on any atom is 0.326 e. The normalized spacial score (nSPS) is 27.0. The zero-order valence-electron chi connectivity index (χ0n) is 15.2. The van der Waals surface area contributed by atoms with E-state index in [1.807, 2.05) is 0 Å². The summed E-state index contributed by atoms with van der Waals surface area (Å²) in [6.45, 7) is -0.750. The second-order valence-electron chi connectivity index (χ2n) is 7.68. The van der Waals surface area contributed by atoms with Crippen molar-refractivity contribution in [1.82, 2.24) is 10.2 Å². The van der Waals surface area contributed by atoms with E-state index in [0.717, 1.165) is 43.4 Å². The quantitative estimate of drug-likeness (QED) is 0.454. The number of fused-ring (bicyclic) bond motifs is 1. The highest BCUT2D eigenvalue weighted by Gasteiger charge is 2.48. The molecule has 0 unspecified atom stereocenters. The van der Waals surface area contributed by atoms with Gasteiger partial charge in [0.1, 0.15) is 6.54 Å². The number of hydrogen-bond donors (Lipinski definition) is 1. The summed E-state index contributed by atoms with van der Waals surface area (Å²) in [5.74, 6) is -2.11. The Labute approximate surface area is 153 Å². The molecule has 1 N–H and O–H groups in total. The number of carbonyl (C=O) groups excluding carboxylic acids is 4. The number of hydrogen-bond acceptors (Lipinski definition) is 5. The van der Waals surface area contributed by atoms with Gasteiger partial charge in [0.2, 0.25) is 11.8 Å². The van der Waals surface area contributed by atoms with Gasteiger partial charge in [-0.1, -0.05) is 38.5 Å². The fraction of sp³-hybridized carbons (Fsp3) is 0.789. The summed E-state index contributed by atoms with van der Waals surface area (Å²) in [5.41, 5.74) is 0. The molecule has 0 aromatic rings. The lowest BCUT2D eigenvalue weighted by atomic mass is 9.81. The molecule has 3 aliphatic rings. The molecule has 7 heteroatoms. The van der Waals surface area contributed by atoms with Crippen molar-refractivity contribution in [1.29, 1.82) is 0 Å². The smallest absolute Gasteiger partial charge is 0.326 e. The van der Waals surface area contributed by atoms with Crippen molar-refractivity contribution in [3.05, 3.63) is 0 Å².